The Bertz CT molecular complexity index is 2250. The molecule has 5 heteroatoms. The molecule has 7 aromatic rings. The van der Waals surface area contributed by atoms with Crippen molar-refractivity contribution in [3.05, 3.63) is 137 Å². The number of aryl methyl sites for hydroxylation is 2. The smallest absolute Gasteiger partial charge is 0.216 e. The van der Waals surface area contributed by atoms with Crippen LogP contribution in [0.4, 0.5) is 0 Å². The van der Waals surface area contributed by atoms with E-state index in [0.717, 1.165) is 44.6 Å². The van der Waals surface area contributed by atoms with Crippen molar-refractivity contribution in [3.8, 4) is 33.8 Å². The summed E-state index contributed by atoms with van der Waals surface area (Å²) in [5.74, 6) is 2.33. The predicted molar refractivity (Wildman–Crippen MR) is 218 cm³/mol. The van der Waals surface area contributed by atoms with E-state index < -0.39 is 0 Å². The first kappa shape index (κ1) is 39.8. The zero-order valence-corrected chi connectivity index (χ0v) is 35.1. The second kappa shape index (κ2) is 17.1. The van der Waals surface area contributed by atoms with Gasteiger partial charge in [0.05, 0.1) is 11.3 Å². The van der Waals surface area contributed by atoms with E-state index >= 15 is 0 Å². The SMILES string of the molecule is Cc1ccc(-c2[c-]cccc2)nc1.Cc1cnc(-c2[c-]ccc3c2oc2nc(-c4c(C(C)C)cccc4C(C)C)ccc23)cc1C(C(C)C)C(C)C.[Ir]. The zero-order chi connectivity index (χ0) is 37.1. The number of rotatable bonds is 8. The Balaban J connectivity index is 0.000000325. The summed E-state index contributed by atoms with van der Waals surface area (Å²) in [7, 11) is 0. The van der Waals surface area contributed by atoms with Crippen molar-refractivity contribution in [1.29, 1.82) is 0 Å². The predicted octanol–water partition coefficient (Wildman–Crippen LogP) is 13.3. The average molecular weight is 878 g/mol. The van der Waals surface area contributed by atoms with E-state index in [-0.39, 0.29) is 20.1 Å². The molecule has 0 aliphatic carbocycles. The first-order valence-electron chi connectivity index (χ1n) is 18.7. The van der Waals surface area contributed by atoms with Gasteiger partial charge in [-0.2, -0.15) is 0 Å². The van der Waals surface area contributed by atoms with Crippen molar-refractivity contribution in [2.24, 2.45) is 11.8 Å². The Morgan fingerprint density at radius 3 is 1.89 bits per heavy atom. The first-order valence-corrected chi connectivity index (χ1v) is 18.7. The van der Waals surface area contributed by atoms with E-state index in [1.165, 1.54) is 33.4 Å². The third kappa shape index (κ3) is 8.53. The van der Waals surface area contributed by atoms with E-state index in [2.05, 4.69) is 128 Å². The number of benzene rings is 3. The van der Waals surface area contributed by atoms with Gasteiger partial charge in [0.2, 0.25) is 5.71 Å². The van der Waals surface area contributed by atoms with E-state index in [1.54, 1.807) is 0 Å². The van der Waals surface area contributed by atoms with Gasteiger partial charge in [0.15, 0.2) is 0 Å². The van der Waals surface area contributed by atoms with Crippen LogP contribution in [0, 0.1) is 37.8 Å². The van der Waals surface area contributed by atoms with Crippen LogP contribution in [0.1, 0.15) is 101 Å². The van der Waals surface area contributed by atoms with E-state index in [9.17, 15) is 0 Å². The molecule has 0 amide bonds. The maximum Gasteiger partial charge on any atom is 0.216 e. The summed E-state index contributed by atoms with van der Waals surface area (Å²) in [4.78, 5) is 14.3. The third-order valence-electron chi connectivity index (χ3n) is 10.0. The Kier molecular flexibility index (Phi) is 12.9. The molecule has 0 unspecified atom stereocenters. The van der Waals surface area contributed by atoms with Crippen LogP contribution in [0.15, 0.2) is 102 Å². The van der Waals surface area contributed by atoms with Crippen LogP contribution in [0.25, 0.3) is 55.8 Å². The second-order valence-corrected chi connectivity index (χ2v) is 15.3. The van der Waals surface area contributed by atoms with E-state index in [4.69, 9.17) is 14.4 Å². The summed E-state index contributed by atoms with van der Waals surface area (Å²) in [6, 6.07) is 35.8. The summed E-state index contributed by atoms with van der Waals surface area (Å²) >= 11 is 0. The number of nitrogens with zero attached hydrogens (tertiary/aromatic N) is 3. The molecule has 0 fully saturated rings. The molecule has 4 nitrogen and oxygen atoms in total. The Morgan fingerprint density at radius 2 is 1.28 bits per heavy atom. The first-order chi connectivity index (χ1) is 24.9. The van der Waals surface area contributed by atoms with Crippen molar-refractivity contribution in [3.63, 3.8) is 0 Å². The van der Waals surface area contributed by atoms with Crippen LogP contribution in [0.5, 0.6) is 0 Å². The fourth-order valence-corrected chi connectivity index (χ4v) is 7.50. The van der Waals surface area contributed by atoms with Crippen LogP contribution in [-0.2, 0) is 20.1 Å². The number of hydrogen-bond donors (Lipinski definition) is 0. The Morgan fingerprint density at radius 1 is 0.604 bits per heavy atom. The molecule has 0 saturated carbocycles. The Labute approximate surface area is 329 Å². The molecule has 0 bridgehead atoms. The van der Waals surface area contributed by atoms with Gasteiger partial charge in [-0.3, -0.25) is 0 Å². The van der Waals surface area contributed by atoms with Crippen molar-refractivity contribution in [2.45, 2.75) is 87.0 Å². The molecule has 4 aromatic heterocycles. The van der Waals surface area contributed by atoms with Crippen LogP contribution in [-0.4, -0.2) is 15.0 Å². The standard InChI is InChI=1S/C36H41N2O.C12H10N.Ir/c1-20(2)25-12-10-13-26(21(3)4)34(25)31-17-16-28-27-14-11-15-29(35(27)39-36(28)38-31)32-18-30(24(9)19-37-32)33(22(5)6)23(7)8;1-10-7-8-12(13-9-10)11-5-3-2-4-6-11;/h10-14,16-23,33H,1-9H3;2-5,7-9H,1H3;/q2*-1;. The van der Waals surface area contributed by atoms with Crippen molar-refractivity contribution in [1.82, 2.24) is 15.0 Å². The molecule has 0 aliphatic heterocycles. The number of hydrogen-bond acceptors (Lipinski definition) is 4. The number of furan rings is 1. The largest absolute Gasteiger partial charge is 0.486 e. The molecule has 0 N–H and O–H groups in total. The van der Waals surface area contributed by atoms with Gasteiger partial charge in [0, 0.05) is 43.4 Å². The van der Waals surface area contributed by atoms with Gasteiger partial charge in [0.1, 0.15) is 0 Å². The molecule has 0 atom stereocenters. The van der Waals surface area contributed by atoms with Gasteiger partial charge in [-0.25, -0.2) is 4.98 Å². The van der Waals surface area contributed by atoms with Gasteiger partial charge in [0.25, 0.3) is 0 Å². The van der Waals surface area contributed by atoms with Crippen molar-refractivity contribution < 1.29 is 24.5 Å². The average Bonchev–Trinajstić information content (AvgIpc) is 3.51. The van der Waals surface area contributed by atoms with Gasteiger partial charge in [-0.1, -0.05) is 103 Å². The minimum atomic E-state index is 0. The summed E-state index contributed by atoms with van der Waals surface area (Å²) in [6.45, 7) is 22.4. The van der Waals surface area contributed by atoms with Crippen LogP contribution >= 0.6 is 0 Å². The van der Waals surface area contributed by atoms with Gasteiger partial charge < -0.3 is 14.4 Å². The quantitative estimate of drug-likeness (QED) is 0.143. The van der Waals surface area contributed by atoms with Gasteiger partial charge >= 0.3 is 0 Å². The third-order valence-corrected chi connectivity index (χ3v) is 10.0. The molecule has 0 spiro atoms. The second-order valence-electron chi connectivity index (χ2n) is 15.3. The minimum absolute atomic E-state index is 0. The molecule has 0 saturated heterocycles. The van der Waals surface area contributed by atoms with E-state index in [0.29, 0.717) is 35.3 Å². The zero-order valence-electron chi connectivity index (χ0n) is 32.7. The number of aromatic nitrogens is 3. The molecule has 1 radical (unpaired) electrons. The summed E-state index contributed by atoms with van der Waals surface area (Å²) < 4.78 is 6.54. The van der Waals surface area contributed by atoms with E-state index in [1.807, 2.05) is 55.7 Å². The molecular formula is C48H51IrN3O-2. The maximum absolute atomic E-state index is 6.54. The van der Waals surface area contributed by atoms with Crippen LogP contribution < -0.4 is 0 Å². The summed E-state index contributed by atoms with van der Waals surface area (Å²) in [6.07, 6.45) is 3.88. The fraction of sp³-hybridized carbons (Fsp3) is 0.312. The molecule has 275 valence electrons. The molecule has 7 rings (SSSR count). The Hall–Kier alpha value is -4.44. The molecule has 0 aliphatic rings. The maximum atomic E-state index is 6.54. The van der Waals surface area contributed by atoms with Gasteiger partial charge in [-0.05, 0) is 94.8 Å². The number of fused-ring (bicyclic) bond motifs is 3. The van der Waals surface area contributed by atoms with Crippen LogP contribution in [0.2, 0.25) is 0 Å². The topological polar surface area (TPSA) is 51.8 Å². The molecule has 3 aromatic carbocycles. The summed E-state index contributed by atoms with van der Waals surface area (Å²) in [5, 5.41) is 2.07. The summed E-state index contributed by atoms with van der Waals surface area (Å²) in [5.41, 5.74) is 13.9. The molecular weight excluding hydrogens is 827 g/mol. The van der Waals surface area contributed by atoms with Crippen molar-refractivity contribution in [2.75, 3.05) is 0 Å². The minimum Gasteiger partial charge on any atom is -0.486 e. The van der Waals surface area contributed by atoms with Crippen LogP contribution in [0.3, 0.4) is 0 Å². The molecule has 53 heavy (non-hydrogen) atoms. The van der Waals surface area contributed by atoms with Gasteiger partial charge in [-0.15, -0.1) is 54.1 Å². The monoisotopic (exact) mass is 878 g/mol. The molecule has 4 heterocycles. The van der Waals surface area contributed by atoms with Crippen molar-refractivity contribution >= 4 is 22.1 Å². The fourth-order valence-electron chi connectivity index (χ4n) is 7.50. The number of pyridine rings is 3. The normalized spacial score (nSPS) is 11.5.